The van der Waals surface area contributed by atoms with Crippen molar-refractivity contribution in [2.45, 2.75) is 58.4 Å². The van der Waals surface area contributed by atoms with Crippen LogP contribution in [0.15, 0.2) is 0 Å². The largest absolute Gasteiger partial charge is 0.370 e. The Kier molecular flexibility index (Phi) is 5.81. The molecule has 1 fully saturated rings. The molecule has 1 rings (SSSR count). The summed E-state index contributed by atoms with van der Waals surface area (Å²) in [5.74, 6) is 1.49. The molecule has 0 aromatic carbocycles. The van der Waals surface area contributed by atoms with E-state index in [4.69, 9.17) is 5.73 Å². The number of rotatable bonds is 6. The number of primary amides is 1. The van der Waals surface area contributed by atoms with Crippen LogP contribution in [-0.4, -0.2) is 18.5 Å². The van der Waals surface area contributed by atoms with E-state index in [1.54, 1.807) is 0 Å². The third kappa shape index (κ3) is 4.97. The fraction of sp³-hybridized carbons (Fsp3) is 0.923. The molecule has 0 spiro atoms. The molecule has 1 aliphatic carbocycles. The zero-order valence-corrected chi connectivity index (χ0v) is 10.7. The first-order valence-electron chi connectivity index (χ1n) is 6.61. The second kappa shape index (κ2) is 6.89. The first kappa shape index (κ1) is 13.5. The van der Waals surface area contributed by atoms with Gasteiger partial charge in [-0.25, -0.2) is 0 Å². The first-order valence-corrected chi connectivity index (χ1v) is 6.61. The number of carbonyl (C=O) groups excluding carboxylic acids is 1. The summed E-state index contributed by atoms with van der Waals surface area (Å²) >= 11 is 0. The quantitative estimate of drug-likeness (QED) is 0.681. The van der Waals surface area contributed by atoms with E-state index in [1.807, 2.05) is 0 Å². The molecule has 2 atom stereocenters. The first-order chi connectivity index (χ1) is 7.59. The minimum atomic E-state index is -0.189. The van der Waals surface area contributed by atoms with Crippen LogP contribution in [0.5, 0.6) is 0 Å². The van der Waals surface area contributed by atoms with Gasteiger partial charge in [0, 0.05) is 12.5 Å². The zero-order valence-electron chi connectivity index (χ0n) is 10.7. The van der Waals surface area contributed by atoms with Crippen LogP contribution in [0.4, 0.5) is 0 Å². The topological polar surface area (TPSA) is 55.1 Å². The molecule has 1 saturated carbocycles. The van der Waals surface area contributed by atoms with Crippen molar-refractivity contribution in [3.8, 4) is 0 Å². The Morgan fingerprint density at radius 2 is 2.19 bits per heavy atom. The molecule has 3 heteroatoms. The lowest BCUT2D eigenvalue weighted by Crippen LogP contribution is -2.36. The van der Waals surface area contributed by atoms with Gasteiger partial charge in [0.1, 0.15) is 0 Å². The van der Waals surface area contributed by atoms with Gasteiger partial charge in [0.25, 0.3) is 0 Å². The van der Waals surface area contributed by atoms with Gasteiger partial charge in [0.05, 0.1) is 0 Å². The summed E-state index contributed by atoms with van der Waals surface area (Å²) in [6, 6.07) is 0.661. The maximum atomic E-state index is 10.6. The lowest BCUT2D eigenvalue weighted by Gasteiger charge is -2.32. The second-order valence-corrected chi connectivity index (χ2v) is 5.39. The Morgan fingerprint density at radius 3 is 2.81 bits per heavy atom. The average Bonchev–Trinajstić information content (AvgIpc) is 2.24. The molecule has 0 radical (unpaired) electrons. The van der Waals surface area contributed by atoms with Crippen LogP contribution >= 0.6 is 0 Å². The number of amides is 1. The molecule has 94 valence electrons. The van der Waals surface area contributed by atoms with Crippen LogP contribution in [0.2, 0.25) is 0 Å². The summed E-state index contributed by atoms with van der Waals surface area (Å²) in [7, 11) is 0. The van der Waals surface area contributed by atoms with E-state index in [0.717, 1.165) is 24.8 Å². The molecule has 2 unspecified atom stereocenters. The van der Waals surface area contributed by atoms with E-state index in [-0.39, 0.29) is 5.91 Å². The van der Waals surface area contributed by atoms with Gasteiger partial charge in [-0.1, -0.05) is 26.7 Å². The number of carbonyl (C=O) groups is 1. The van der Waals surface area contributed by atoms with Gasteiger partial charge in [-0.15, -0.1) is 0 Å². The summed E-state index contributed by atoms with van der Waals surface area (Å²) < 4.78 is 0. The third-order valence-corrected chi connectivity index (χ3v) is 3.69. The van der Waals surface area contributed by atoms with Crippen LogP contribution in [0, 0.1) is 11.8 Å². The lowest BCUT2D eigenvalue weighted by molar-refractivity contribution is -0.118. The summed E-state index contributed by atoms with van der Waals surface area (Å²) in [5, 5.41) is 3.55. The summed E-state index contributed by atoms with van der Waals surface area (Å²) in [6.07, 6.45) is 6.70. The summed E-state index contributed by atoms with van der Waals surface area (Å²) in [5.41, 5.74) is 5.11. The van der Waals surface area contributed by atoms with Gasteiger partial charge >= 0.3 is 0 Å². The van der Waals surface area contributed by atoms with Crippen molar-refractivity contribution in [2.75, 3.05) is 6.54 Å². The minimum Gasteiger partial charge on any atom is -0.370 e. The molecule has 0 aromatic rings. The smallest absolute Gasteiger partial charge is 0.217 e. The monoisotopic (exact) mass is 226 g/mol. The number of hydrogen-bond donors (Lipinski definition) is 2. The Balaban J connectivity index is 2.14. The molecule has 16 heavy (non-hydrogen) atoms. The van der Waals surface area contributed by atoms with Gasteiger partial charge in [-0.3, -0.25) is 4.79 Å². The molecule has 0 aliphatic heterocycles. The standard InChI is InChI=1S/C13H26N2O/c1-10(2)11-5-3-6-12(9-11)15-8-4-7-13(14)16/h10-12,15H,3-9H2,1-2H3,(H2,14,16). The van der Waals surface area contributed by atoms with Gasteiger partial charge in [-0.2, -0.15) is 0 Å². The van der Waals surface area contributed by atoms with Crippen molar-refractivity contribution >= 4 is 5.91 Å². The highest BCUT2D eigenvalue weighted by atomic mass is 16.1. The number of nitrogens with one attached hydrogen (secondary N) is 1. The van der Waals surface area contributed by atoms with Crippen LogP contribution in [-0.2, 0) is 4.79 Å². The molecule has 0 heterocycles. The summed E-state index contributed by atoms with van der Waals surface area (Å²) in [4.78, 5) is 10.6. The Bertz CT molecular complexity index is 216. The van der Waals surface area contributed by atoms with Crippen LogP contribution in [0.3, 0.4) is 0 Å². The van der Waals surface area contributed by atoms with Gasteiger partial charge < -0.3 is 11.1 Å². The molecule has 3 nitrogen and oxygen atoms in total. The van der Waals surface area contributed by atoms with Crippen molar-refractivity contribution in [1.82, 2.24) is 5.32 Å². The van der Waals surface area contributed by atoms with Crippen molar-refractivity contribution < 1.29 is 4.79 Å². The molecular weight excluding hydrogens is 200 g/mol. The number of nitrogens with two attached hydrogens (primary N) is 1. The lowest BCUT2D eigenvalue weighted by atomic mass is 9.79. The van der Waals surface area contributed by atoms with Crippen molar-refractivity contribution in [3.05, 3.63) is 0 Å². The van der Waals surface area contributed by atoms with Crippen molar-refractivity contribution in [2.24, 2.45) is 17.6 Å². The minimum absolute atomic E-state index is 0.189. The highest BCUT2D eigenvalue weighted by molar-refractivity contribution is 5.73. The zero-order chi connectivity index (χ0) is 12.0. The predicted molar refractivity (Wildman–Crippen MR) is 67.0 cm³/mol. The number of hydrogen-bond acceptors (Lipinski definition) is 2. The molecule has 3 N–H and O–H groups in total. The Morgan fingerprint density at radius 1 is 1.44 bits per heavy atom. The molecular formula is C13H26N2O. The predicted octanol–water partition coefficient (Wildman–Crippen LogP) is 2.06. The van der Waals surface area contributed by atoms with Crippen LogP contribution in [0.25, 0.3) is 0 Å². The maximum absolute atomic E-state index is 10.6. The molecule has 1 amide bonds. The fourth-order valence-corrected chi connectivity index (χ4v) is 2.59. The SMILES string of the molecule is CC(C)C1CCCC(NCCCC(N)=O)C1. The maximum Gasteiger partial charge on any atom is 0.217 e. The Labute approximate surface area is 99.2 Å². The van der Waals surface area contributed by atoms with Gasteiger partial charge in [-0.05, 0) is 37.6 Å². The van der Waals surface area contributed by atoms with E-state index in [1.165, 1.54) is 25.7 Å². The van der Waals surface area contributed by atoms with E-state index in [9.17, 15) is 4.79 Å². The van der Waals surface area contributed by atoms with Crippen LogP contribution in [0.1, 0.15) is 52.4 Å². The van der Waals surface area contributed by atoms with E-state index in [0.29, 0.717) is 12.5 Å². The van der Waals surface area contributed by atoms with Gasteiger partial charge in [0.15, 0.2) is 0 Å². The Hall–Kier alpha value is -0.570. The van der Waals surface area contributed by atoms with E-state index < -0.39 is 0 Å². The highest BCUT2D eigenvalue weighted by Crippen LogP contribution is 2.29. The van der Waals surface area contributed by atoms with E-state index >= 15 is 0 Å². The van der Waals surface area contributed by atoms with Crippen molar-refractivity contribution in [3.63, 3.8) is 0 Å². The van der Waals surface area contributed by atoms with Crippen LogP contribution < -0.4 is 11.1 Å². The fourth-order valence-electron chi connectivity index (χ4n) is 2.59. The molecule has 0 aromatic heterocycles. The summed E-state index contributed by atoms with van der Waals surface area (Å²) in [6.45, 7) is 5.57. The molecule has 0 bridgehead atoms. The van der Waals surface area contributed by atoms with Gasteiger partial charge in [0.2, 0.25) is 5.91 Å². The second-order valence-electron chi connectivity index (χ2n) is 5.39. The third-order valence-electron chi connectivity index (χ3n) is 3.69. The average molecular weight is 226 g/mol. The highest BCUT2D eigenvalue weighted by Gasteiger charge is 2.23. The van der Waals surface area contributed by atoms with Crippen molar-refractivity contribution in [1.29, 1.82) is 0 Å². The normalized spacial score (nSPS) is 25.9. The molecule has 1 aliphatic rings. The molecule has 0 saturated heterocycles. The van der Waals surface area contributed by atoms with E-state index in [2.05, 4.69) is 19.2 Å².